The third kappa shape index (κ3) is 2.02. The summed E-state index contributed by atoms with van der Waals surface area (Å²) in [6, 6.07) is 0.581. The number of ether oxygens (including phenoxy) is 1. The van der Waals surface area contributed by atoms with Crippen LogP contribution >= 0.6 is 15.9 Å². The predicted octanol–water partition coefficient (Wildman–Crippen LogP) is 2.69. The van der Waals surface area contributed by atoms with Crippen LogP contribution in [0.4, 0.5) is 0 Å². The van der Waals surface area contributed by atoms with Crippen molar-refractivity contribution >= 4 is 15.9 Å². The van der Waals surface area contributed by atoms with E-state index < -0.39 is 0 Å². The first-order valence-electron chi connectivity index (χ1n) is 5.71. The lowest BCUT2D eigenvalue weighted by atomic mass is 9.55. The highest BCUT2D eigenvalue weighted by atomic mass is 79.9. The summed E-state index contributed by atoms with van der Waals surface area (Å²) in [4.78, 5) is 0. The van der Waals surface area contributed by atoms with Crippen LogP contribution in [-0.2, 0) is 4.74 Å². The van der Waals surface area contributed by atoms with E-state index in [2.05, 4.69) is 41.7 Å². The van der Waals surface area contributed by atoms with Gasteiger partial charge in [-0.05, 0) is 12.8 Å². The molecule has 1 heterocycles. The molecule has 2 fully saturated rings. The van der Waals surface area contributed by atoms with Crippen molar-refractivity contribution in [1.82, 2.24) is 5.32 Å². The fraction of sp³-hybridized carbons (Fsp3) is 0.833. The lowest BCUT2D eigenvalue weighted by Crippen LogP contribution is -2.69. The Balaban J connectivity index is 1.96. The number of rotatable bonds is 3. The van der Waals surface area contributed by atoms with Gasteiger partial charge >= 0.3 is 0 Å². The number of hydrogen-bond acceptors (Lipinski definition) is 2. The zero-order valence-corrected chi connectivity index (χ0v) is 11.1. The van der Waals surface area contributed by atoms with Crippen molar-refractivity contribution in [2.75, 3.05) is 13.2 Å². The zero-order valence-electron chi connectivity index (χ0n) is 9.55. The average Bonchev–Trinajstić information content (AvgIpc) is 2.17. The number of hydrogen-bond donors (Lipinski definition) is 1. The van der Waals surface area contributed by atoms with Gasteiger partial charge in [0.15, 0.2) is 0 Å². The second-order valence-corrected chi connectivity index (χ2v) is 6.42. The molecule has 1 aliphatic heterocycles. The van der Waals surface area contributed by atoms with Gasteiger partial charge in [0.1, 0.15) is 0 Å². The van der Waals surface area contributed by atoms with Crippen LogP contribution in [0.25, 0.3) is 0 Å². The molecule has 15 heavy (non-hydrogen) atoms. The summed E-state index contributed by atoms with van der Waals surface area (Å²) in [6.07, 6.45) is 2.98. The summed E-state index contributed by atoms with van der Waals surface area (Å²) >= 11 is 3.39. The first-order chi connectivity index (χ1) is 7.03. The summed E-state index contributed by atoms with van der Waals surface area (Å²) < 4.78 is 6.88. The molecule has 3 heteroatoms. The molecule has 0 bridgehead atoms. The van der Waals surface area contributed by atoms with Gasteiger partial charge in [-0.25, -0.2) is 0 Å². The largest absolute Gasteiger partial charge is 0.377 e. The molecular formula is C12H20BrNO. The number of fused-ring (bicyclic) bond motifs is 1. The molecule has 0 aromatic carbocycles. The molecule has 2 aliphatic rings. The minimum absolute atomic E-state index is 0.271. The van der Waals surface area contributed by atoms with Gasteiger partial charge in [-0.1, -0.05) is 36.4 Å². The highest BCUT2D eigenvalue weighted by molar-refractivity contribution is 9.11. The molecule has 3 atom stereocenters. The molecule has 3 unspecified atom stereocenters. The smallest absolute Gasteiger partial charge is 0.0684 e. The third-order valence-corrected chi connectivity index (χ3v) is 4.13. The summed E-state index contributed by atoms with van der Waals surface area (Å²) in [7, 11) is 0. The molecule has 1 saturated carbocycles. The molecule has 0 radical (unpaired) electrons. The van der Waals surface area contributed by atoms with E-state index in [9.17, 15) is 0 Å². The van der Waals surface area contributed by atoms with Crippen LogP contribution in [0.15, 0.2) is 11.1 Å². The summed E-state index contributed by atoms with van der Waals surface area (Å²) in [5.74, 6) is 0.709. The Labute approximate surface area is 101 Å². The molecule has 2 nitrogen and oxygen atoms in total. The minimum Gasteiger partial charge on any atom is -0.377 e. The molecule has 0 aromatic heterocycles. The van der Waals surface area contributed by atoms with Crippen LogP contribution in [0.2, 0.25) is 0 Å². The van der Waals surface area contributed by atoms with Gasteiger partial charge in [0.2, 0.25) is 0 Å². The van der Waals surface area contributed by atoms with E-state index in [-0.39, 0.29) is 5.41 Å². The van der Waals surface area contributed by atoms with Crippen molar-refractivity contribution in [2.24, 2.45) is 11.3 Å². The second-order valence-electron chi connectivity index (χ2n) is 5.29. The fourth-order valence-electron chi connectivity index (χ4n) is 3.16. The van der Waals surface area contributed by atoms with Crippen LogP contribution in [0, 0.1) is 11.3 Å². The summed E-state index contributed by atoms with van der Waals surface area (Å²) in [5, 5.41) is 3.58. The predicted molar refractivity (Wildman–Crippen MR) is 66.1 cm³/mol. The van der Waals surface area contributed by atoms with Crippen LogP contribution in [0.5, 0.6) is 0 Å². The maximum atomic E-state index is 5.86. The zero-order chi connectivity index (χ0) is 11.1. The Kier molecular flexibility index (Phi) is 3.25. The Morgan fingerprint density at radius 3 is 3.00 bits per heavy atom. The molecule has 0 amide bonds. The quantitative estimate of drug-likeness (QED) is 0.854. The third-order valence-electron chi connectivity index (χ3n) is 3.84. The Morgan fingerprint density at radius 1 is 1.60 bits per heavy atom. The maximum absolute atomic E-state index is 5.86. The summed E-state index contributed by atoms with van der Waals surface area (Å²) in [6.45, 7) is 10.3. The lowest BCUT2D eigenvalue weighted by Gasteiger charge is -2.60. The number of halogens is 1. The maximum Gasteiger partial charge on any atom is 0.0684 e. The molecule has 86 valence electrons. The van der Waals surface area contributed by atoms with E-state index in [0.29, 0.717) is 18.1 Å². The van der Waals surface area contributed by atoms with Gasteiger partial charge in [0.25, 0.3) is 0 Å². The monoisotopic (exact) mass is 273 g/mol. The van der Waals surface area contributed by atoms with Crippen LogP contribution in [-0.4, -0.2) is 25.3 Å². The van der Waals surface area contributed by atoms with Crippen molar-refractivity contribution in [3.8, 4) is 0 Å². The van der Waals surface area contributed by atoms with E-state index in [1.165, 1.54) is 12.8 Å². The van der Waals surface area contributed by atoms with Gasteiger partial charge in [-0.15, -0.1) is 0 Å². The minimum atomic E-state index is 0.271. The second kappa shape index (κ2) is 4.19. The van der Waals surface area contributed by atoms with Crippen LogP contribution in [0.1, 0.15) is 26.7 Å². The van der Waals surface area contributed by atoms with Gasteiger partial charge < -0.3 is 10.1 Å². The molecule has 2 rings (SSSR count). The van der Waals surface area contributed by atoms with Gasteiger partial charge in [-0.3, -0.25) is 0 Å². The van der Waals surface area contributed by atoms with E-state index in [1.807, 2.05) is 0 Å². The topological polar surface area (TPSA) is 21.3 Å². The lowest BCUT2D eigenvalue weighted by molar-refractivity contribution is -0.191. The fourth-order valence-corrected chi connectivity index (χ4v) is 3.32. The molecule has 1 N–H and O–H groups in total. The van der Waals surface area contributed by atoms with E-state index >= 15 is 0 Å². The van der Waals surface area contributed by atoms with Gasteiger partial charge in [-0.2, -0.15) is 0 Å². The van der Waals surface area contributed by atoms with Crippen LogP contribution < -0.4 is 5.32 Å². The van der Waals surface area contributed by atoms with Gasteiger partial charge in [0, 0.05) is 35.0 Å². The van der Waals surface area contributed by atoms with E-state index in [0.717, 1.165) is 17.6 Å². The van der Waals surface area contributed by atoms with Gasteiger partial charge in [0.05, 0.1) is 6.10 Å². The first kappa shape index (κ1) is 11.6. The van der Waals surface area contributed by atoms with Crippen molar-refractivity contribution in [2.45, 2.75) is 38.8 Å². The molecule has 1 aliphatic carbocycles. The Morgan fingerprint density at radius 2 is 2.33 bits per heavy atom. The normalized spacial score (nSPS) is 37.9. The molecule has 0 aromatic rings. The molecule has 1 saturated heterocycles. The van der Waals surface area contributed by atoms with Crippen molar-refractivity contribution in [3.63, 3.8) is 0 Å². The van der Waals surface area contributed by atoms with Crippen molar-refractivity contribution in [1.29, 1.82) is 0 Å². The Bertz CT molecular complexity index is 264. The highest BCUT2D eigenvalue weighted by Gasteiger charge is 2.57. The summed E-state index contributed by atoms with van der Waals surface area (Å²) in [5.41, 5.74) is 0.271. The first-order valence-corrected chi connectivity index (χ1v) is 6.51. The van der Waals surface area contributed by atoms with Crippen molar-refractivity contribution < 1.29 is 4.74 Å². The van der Waals surface area contributed by atoms with E-state index in [1.54, 1.807) is 0 Å². The average molecular weight is 274 g/mol. The SMILES string of the molecule is C=C(Br)CNC1C2CCCOC2C1(C)C. The van der Waals surface area contributed by atoms with Crippen LogP contribution in [0.3, 0.4) is 0 Å². The van der Waals surface area contributed by atoms with Crippen molar-refractivity contribution in [3.05, 3.63) is 11.1 Å². The standard InChI is InChI=1S/C12H20BrNO/c1-8(13)7-14-10-9-5-4-6-15-11(9)12(10,2)3/h9-11,14H,1,4-7H2,2-3H3. The van der Waals surface area contributed by atoms with E-state index in [4.69, 9.17) is 4.74 Å². The molecule has 0 spiro atoms. The number of nitrogens with one attached hydrogen (secondary N) is 1. The highest BCUT2D eigenvalue weighted by Crippen LogP contribution is 2.51. The molecular weight excluding hydrogens is 254 g/mol. The Hall–Kier alpha value is 0.140.